The third-order valence-corrected chi connectivity index (χ3v) is 17.3. The number of ether oxygens (including phenoxy) is 13. The minimum absolute atomic E-state index is 0.197. The number of rotatable bonds is 57. The number of pyridine rings is 2. The Balaban J connectivity index is 0.000000317. The number of anilines is 4. The van der Waals surface area contributed by atoms with Crippen molar-refractivity contribution < 1.29 is 76.0 Å². The molecule has 0 aliphatic rings. The number of benzene rings is 4. The van der Waals surface area contributed by atoms with E-state index in [1.165, 1.54) is 0 Å². The number of azide groups is 1. The van der Waals surface area contributed by atoms with Crippen LogP contribution in [0.15, 0.2) is 107 Å². The Hall–Kier alpha value is -10.3. The number of para-hydroxylation sites is 2. The predicted octanol–water partition coefficient (Wildman–Crippen LogP) is 12.5. The van der Waals surface area contributed by atoms with E-state index in [1.54, 1.807) is 36.4 Å². The van der Waals surface area contributed by atoms with Crippen LogP contribution in [0.3, 0.4) is 0 Å². The fraction of sp³-hybridized carbons (Fsp3) is 0.568. The number of fused-ring (bicyclic) bond motifs is 6. The summed E-state index contributed by atoms with van der Waals surface area (Å²) in [5, 5.41) is 32.4. The summed E-state index contributed by atoms with van der Waals surface area (Å²) >= 11 is 0. The van der Waals surface area contributed by atoms with Crippen LogP contribution < -0.4 is 33.2 Å². The summed E-state index contributed by atoms with van der Waals surface area (Å²) in [4.78, 5) is 59.8. The number of unbranched alkanes of at least 4 members (excludes halogenated alkanes) is 4. The zero-order chi connectivity index (χ0) is 88.1. The number of carbonyl (C=O) groups is 3. The van der Waals surface area contributed by atoms with Crippen LogP contribution >= 0.6 is 0 Å². The number of aromatic nitrogens is 6. The smallest absolute Gasteiger partial charge is 0.308 e. The lowest BCUT2D eigenvalue weighted by atomic mass is 10.2. The van der Waals surface area contributed by atoms with Gasteiger partial charge < -0.3 is 104 Å². The molecule has 0 saturated carbocycles. The molecule has 668 valence electrons. The molecular weight excluding hydrogens is 1570 g/mol. The second-order valence-electron chi connectivity index (χ2n) is 29.5. The maximum atomic E-state index is 11.9. The molecule has 0 fully saturated rings. The molecule has 9 N–H and O–H groups in total. The average molecular weight is 1700 g/mol. The number of amides is 1. The summed E-state index contributed by atoms with van der Waals surface area (Å²) < 4.78 is 74.8. The van der Waals surface area contributed by atoms with Gasteiger partial charge in [-0.3, -0.25) is 19.4 Å². The van der Waals surface area contributed by atoms with E-state index < -0.39 is 11.2 Å². The molecule has 0 aliphatic carbocycles. The Morgan fingerprint density at radius 3 is 1.30 bits per heavy atom. The van der Waals surface area contributed by atoms with Gasteiger partial charge in [0, 0.05) is 72.6 Å². The lowest BCUT2D eigenvalue weighted by Crippen LogP contribution is -2.34. The number of guanidine groups is 1. The number of nitriles is 2. The number of esters is 2. The molecule has 1 amide bonds. The van der Waals surface area contributed by atoms with Crippen LogP contribution in [0.4, 0.5) is 23.0 Å². The van der Waals surface area contributed by atoms with Crippen molar-refractivity contribution in [3.63, 3.8) is 0 Å². The molecule has 122 heavy (non-hydrogen) atoms. The summed E-state index contributed by atoms with van der Waals surface area (Å²) in [6.45, 7) is 29.2. The van der Waals surface area contributed by atoms with Crippen LogP contribution in [-0.2, 0) is 102 Å². The Morgan fingerprint density at radius 2 is 0.893 bits per heavy atom. The van der Waals surface area contributed by atoms with Gasteiger partial charge in [0.1, 0.15) is 33.9 Å². The van der Waals surface area contributed by atoms with Gasteiger partial charge in [0.25, 0.3) is 0 Å². The molecule has 8 rings (SSSR count). The average Bonchev–Trinajstić information content (AvgIpc) is 1.61. The molecular formula is C88H130N18O16. The minimum atomic E-state index is -0.512. The van der Waals surface area contributed by atoms with Gasteiger partial charge in [-0.15, -0.1) is 0 Å². The highest BCUT2D eigenvalue weighted by molar-refractivity contribution is 6.07. The molecule has 0 radical (unpaired) electrons. The first-order chi connectivity index (χ1) is 59.3. The normalized spacial score (nSPS) is 11.4. The molecule has 0 bridgehead atoms. The van der Waals surface area contributed by atoms with E-state index in [2.05, 4.69) is 77.1 Å². The van der Waals surface area contributed by atoms with E-state index in [0.717, 1.165) is 145 Å². The van der Waals surface area contributed by atoms with E-state index in [0.29, 0.717) is 199 Å². The zero-order valence-electron chi connectivity index (χ0n) is 72.7. The Morgan fingerprint density at radius 1 is 0.500 bits per heavy atom. The summed E-state index contributed by atoms with van der Waals surface area (Å²) in [6, 6.07) is 34.3. The fourth-order valence-electron chi connectivity index (χ4n) is 11.7. The first-order valence-corrected chi connectivity index (χ1v) is 42.1. The lowest BCUT2D eigenvalue weighted by Gasteiger charge is -2.19. The van der Waals surface area contributed by atoms with Crippen molar-refractivity contribution in [1.82, 2.24) is 34.4 Å². The highest BCUT2D eigenvalue weighted by atomic mass is 16.6. The SMILES string of the molecule is CC(C)(C)OC(=O)CCOCCOCCOCCOCCOCCOCCOCCOCCOCCOCCN=[N+]=[N-].CCCCc1nc2c(N)nc3ccccc3c2n1CCCCN.CCCCc1nc2c(N)nc3ccccc3c2n1CCCCN=C(NCCOCCC(=O)OC(C)(C)C)Nc1cccc(C#N)c1.N#Cc1cccc(NC=O)c1. The summed E-state index contributed by atoms with van der Waals surface area (Å²) in [5.74, 6) is 3.18. The van der Waals surface area contributed by atoms with E-state index in [1.807, 2.05) is 96.1 Å². The second kappa shape index (κ2) is 61.9. The lowest BCUT2D eigenvalue weighted by molar-refractivity contribution is -0.157. The van der Waals surface area contributed by atoms with Gasteiger partial charge in [-0.05, 0) is 141 Å². The largest absolute Gasteiger partial charge is 0.460 e. The first-order valence-electron chi connectivity index (χ1n) is 42.1. The van der Waals surface area contributed by atoms with Gasteiger partial charge in [0.15, 0.2) is 17.6 Å². The van der Waals surface area contributed by atoms with Crippen molar-refractivity contribution in [2.75, 3.05) is 194 Å². The molecule has 0 spiro atoms. The van der Waals surface area contributed by atoms with Crippen LogP contribution in [0.2, 0.25) is 0 Å². The van der Waals surface area contributed by atoms with Crippen LogP contribution in [0, 0.1) is 22.7 Å². The number of imidazole rings is 2. The monoisotopic (exact) mass is 1690 g/mol. The van der Waals surface area contributed by atoms with Crippen LogP contribution in [0.25, 0.3) is 54.3 Å². The van der Waals surface area contributed by atoms with Crippen LogP contribution in [-0.4, -0.2) is 236 Å². The first kappa shape index (κ1) is 102. The molecule has 4 heterocycles. The van der Waals surface area contributed by atoms with E-state index >= 15 is 0 Å². The van der Waals surface area contributed by atoms with Crippen molar-refractivity contribution in [3.8, 4) is 12.1 Å². The Labute approximate surface area is 717 Å². The van der Waals surface area contributed by atoms with Gasteiger partial charge in [0.2, 0.25) is 6.41 Å². The fourth-order valence-corrected chi connectivity index (χ4v) is 11.7. The number of aliphatic imine (C=N–C) groups is 1. The number of hydrogen-bond acceptors (Lipinski definition) is 27. The highest BCUT2D eigenvalue weighted by Gasteiger charge is 2.21. The van der Waals surface area contributed by atoms with Crippen molar-refractivity contribution in [3.05, 3.63) is 130 Å². The molecule has 0 aliphatic heterocycles. The topological polar surface area (TPSA) is 455 Å². The standard InChI is InChI=1S/C35H46N8O3.C27H53N3O12.C18H25N5.C8H6N2O/c1-5-6-16-29-42-31-32(27-14-7-8-15-28(27)41-33(31)37)43(29)20-10-9-18-38-34(40-26-13-11-12-25(23-26)24-36)39-19-22-45-21-17-30(44)46-35(2,3)4;1-27(2,3)42-26(31)4-6-32-8-10-34-12-14-36-16-18-38-20-22-40-24-25-41-23-21-39-19-17-37-15-13-35-11-9-33-7-5-29-30-28;1-2-3-10-15-22-16-17(23(15)12-7-6-11-19)13-8-4-5-9-14(13)21-18(16)20;9-5-7-2-1-3-8(4-7)10-6-11/h7-8,11-15,23H,5-6,9-10,16-22H2,1-4H3,(H2,37,41)(H2,38,39,40);4-25H2,1-3H3;4-5,8-9H,2-3,6-7,10-12,19H2,1H3,(H2,20,21);1-4,6H,(H,10,11). The number of nitrogen functional groups attached to an aromatic ring is 2. The second-order valence-corrected chi connectivity index (χ2v) is 29.5. The van der Waals surface area contributed by atoms with Crippen molar-refractivity contribution in [2.24, 2.45) is 15.8 Å². The number of nitrogens with one attached hydrogen (secondary N) is 3. The summed E-state index contributed by atoms with van der Waals surface area (Å²) in [5.41, 5.74) is 33.4. The van der Waals surface area contributed by atoms with Crippen molar-refractivity contribution in [2.45, 2.75) is 157 Å². The number of aryl methyl sites for hydroxylation is 4. The molecule has 34 heteroatoms. The maximum absolute atomic E-state index is 11.9. The molecule has 0 unspecified atom stereocenters. The van der Waals surface area contributed by atoms with E-state index in [-0.39, 0.29) is 31.4 Å². The third-order valence-electron chi connectivity index (χ3n) is 17.3. The van der Waals surface area contributed by atoms with Crippen molar-refractivity contribution in [1.29, 1.82) is 10.5 Å². The van der Waals surface area contributed by atoms with Gasteiger partial charge in [-0.25, -0.2) is 19.9 Å². The van der Waals surface area contributed by atoms with Gasteiger partial charge in [0.05, 0.1) is 204 Å². The third kappa shape index (κ3) is 43.0. The van der Waals surface area contributed by atoms with Gasteiger partial charge in [-0.2, -0.15) is 10.5 Å². The molecule has 34 nitrogen and oxygen atoms in total. The molecule has 0 saturated heterocycles. The molecule has 4 aromatic carbocycles. The van der Waals surface area contributed by atoms with Gasteiger partial charge >= 0.3 is 11.9 Å². The van der Waals surface area contributed by atoms with E-state index in [9.17, 15) is 19.6 Å². The molecule has 0 atom stereocenters. The number of nitrogens with zero attached hydrogens (tertiary/aromatic N) is 12. The zero-order valence-corrected chi connectivity index (χ0v) is 72.7. The van der Waals surface area contributed by atoms with E-state index in [4.69, 9.17) is 105 Å². The molecule has 4 aromatic heterocycles. The van der Waals surface area contributed by atoms with Crippen molar-refractivity contribution >= 4 is 91.2 Å². The maximum Gasteiger partial charge on any atom is 0.308 e. The molecule has 8 aromatic rings. The predicted molar refractivity (Wildman–Crippen MR) is 474 cm³/mol. The quantitative estimate of drug-likeness (QED) is 0.00301. The summed E-state index contributed by atoms with van der Waals surface area (Å²) in [6.07, 6.45) is 11.1. The Bertz CT molecular complexity index is 4460. The number of nitrogens with two attached hydrogens (primary N) is 3. The number of hydrogen-bond donors (Lipinski definition) is 6. The number of carbonyl (C=O) groups excluding carboxylic acids is 3. The van der Waals surface area contributed by atoms with Crippen LogP contribution in [0.5, 0.6) is 0 Å². The van der Waals surface area contributed by atoms with Gasteiger partial charge in [-0.1, -0.05) is 80.3 Å². The van der Waals surface area contributed by atoms with Crippen LogP contribution in [0.1, 0.15) is 142 Å². The Kier molecular flexibility index (Phi) is 51.9. The summed E-state index contributed by atoms with van der Waals surface area (Å²) in [7, 11) is 0. The highest BCUT2D eigenvalue weighted by Crippen LogP contribution is 2.32. The minimum Gasteiger partial charge on any atom is -0.460 e.